The van der Waals surface area contributed by atoms with Crippen LogP contribution in [0.1, 0.15) is 53.5 Å². The number of carboxylic acids is 1. The van der Waals surface area contributed by atoms with Gasteiger partial charge in [0.25, 0.3) is 0 Å². The summed E-state index contributed by atoms with van der Waals surface area (Å²) >= 11 is 1.35. The Morgan fingerprint density at radius 1 is 1.44 bits per heavy atom. The molecule has 0 bridgehead atoms. The Balaban J connectivity index is 2.08. The fourth-order valence-corrected chi connectivity index (χ4v) is 3.82. The van der Waals surface area contributed by atoms with Crippen molar-refractivity contribution < 1.29 is 9.90 Å². The van der Waals surface area contributed by atoms with Gasteiger partial charge in [-0.15, -0.1) is 11.3 Å². The van der Waals surface area contributed by atoms with Crippen molar-refractivity contribution in [2.45, 2.75) is 45.1 Å². The second kappa shape index (κ2) is 4.39. The van der Waals surface area contributed by atoms with Gasteiger partial charge in [0.05, 0.1) is 11.7 Å². The lowest BCUT2D eigenvalue weighted by atomic mass is 9.96. The molecule has 4 nitrogen and oxygen atoms in total. The molecule has 2 aromatic rings. The first-order valence-corrected chi connectivity index (χ1v) is 7.20. The van der Waals surface area contributed by atoms with Crippen molar-refractivity contribution in [3.63, 3.8) is 0 Å². The SMILES string of the molecule is Cc1nn(C2CCCCC2)c2sc(C(=O)O)cc12. The molecule has 0 aromatic carbocycles. The van der Waals surface area contributed by atoms with Crippen LogP contribution in [0, 0.1) is 6.92 Å². The standard InChI is InChI=1S/C13H16N2O2S/c1-8-10-7-11(13(16)17)18-12(10)15(14-8)9-5-3-2-4-6-9/h7,9H,2-6H2,1H3,(H,16,17). The van der Waals surface area contributed by atoms with Crippen molar-refractivity contribution in [3.8, 4) is 0 Å². The third-order valence-corrected chi connectivity index (χ3v) is 4.81. The van der Waals surface area contributed by atoms with Crippen LogP contribution in [0.15, 0.2) is 6.07 Å². The van der Waals surface area contributed by atoms with E-state index in [1.807, 2.05) is 6.92 Å². The highest BCUT2D eigenvalue weighted by Crippen LogP contribution is 2.35. The van der Waals surface area contributed by atoms with Gasteiger partial charge in [-0.1, -0.05) is 19.3 Å². The van der Waals surface area contributed by atoms with Crippen LogP contribution in [0.3, 0.4) is 0 Å². The van der Waals surface area contributed by atoms with E-state index >= 15 is 0 Å². The molecule has 0 aliphatic heterocycles. The number of fused-ring (bicyclic) bond motifs is 1. The summed E-state index contributed by atoms with van der Waals surface area (Å²) in [5, 5.41) is 14.7. The number of carboxylic acid groups (broad SMARTS) is 1. The Bertz CT molecular complexity index is 593. The molecule has 0 radical (unpaired) electrons. The maximum absolute atomic E-state index is 11.0. The summed E-state index contributed by atoms with van der Waals surface area (Å²) in [4.78, 5) is 12.5. The lowest BCUT2D eigenvalue weighted by molar-refractivity contribution is 0.0702. The Hall–Kier alpha value is -1.36. The zero-order valence-corrected chi connectivity index (χ0v) is 11.2. The Morgan fingerprint density at radius 2 is 2.17 bits per heavy atom. The van der Waals surface area contributed by atoms with Crippen molar-refractivity contribution in [1.82, 2.24) is 9.78 Å². The molecule has 2 aromatic heterocycles. The second-order valence-corrected chi connectivity index (χ2v) is 5.99. The summed E-state index contributed by atoms with van der Waals surface area (Å²) in [5.74, 6) is -0.842. The number of thiophene rings is 1. The van der Waals surface area contributed by atoms with E-state index in [0.717, 1.165) is 28.8 Å². The lowest BCUT2D eigenvalue weighted by Gasteiger charge is -2.22. The second-order valence-electron chi connectivity index (χ2n) is 4.96. The number of aromatic carboxylic acids is 1. The minimum absolute atomic E-state index is 0.412. The van der Waals surface area contributed by atoms with Crippen LogP contribution in [-0.4, -0.2) is 20.9 Å². The van der Waals surface area contributed by atoms with Gasteiger partial charge in [0.1, 0.15) is 9.71 Å². The number of hydrogen-bond acceptors (Lipinski definition) is 3. The average Bonchev–Trinajstić information content (AvgIpc) is 2.92. The zero-order valence-electron chi connectivity index (χ0n) is 10.3. The molecule has 1 saturated carbocycles. The van der Waals surface area contributed by atoms with Gasteiger partial charge in [-0.05, 0) is 25.8 Å². The number of nitrogens with zero attached hydrogens (tertiary/aromatic N) is 2. The summed E-state index contributed by atoms with van der Waals surface area (Å²) in [6, 6.07) is 2.21. The molecule has 0 atom stereocenters. The predicted molar refractivity (Wildman–Crippen MR) is 71.4 cm³/mol. The molecule has 5 heteroatoms. The quantitative estimate of drug-likeness (QED) is 0.901. The Kier molecular flexibility index (Phi) is 2.86. The minimum atomic E-state index is -0.842. The van der Waals surface area contributed by atoms with Gasteiger partial charge in [0.15, 0.2) is 0 Å². The maximum Gasteiger partial charge on any atom is 0.345 e. The largest absolute Gasteiger partial charge is 0.477 e. The fraction of sp³-hybridized carbons (Fsp3) is 0.538. The van der Waals surface area contributed by atoms with Gasteiger partial charge in [-0.25, -0.2) is 4.79 Å². The summed E-state index contributed by atoms with van der Waals surface area (Å²) < 4.78 is 2.07. The fourth-order valence-electron chi connectivity index (χ4n) is 2.75. The summed E-state index contributed by atoms with van der Waals surface area (Å²) in [7, 11) is 0. The molecule has 18 heavy (non-hydrogen) atoms. The third-order valence-electron chi connectivity index (χ3n) is 3.70. The van der Waals surface area contributed by atoms with Gasteiger partial charge < -0.3 is 5.11 Å². The number of carbonyl (C=O) groups is 1. The first-order valence-electron chi connectivity index (χ1n) is 6.39. The number of rotatable bonds is 2. The van der Waals surface area contributed by atoms with Crippen LogP contribution < -0.4 is 0 Å². The van der Waals surface area contributed by atoms with Crippen molar-refractivity contribution >= 4 is 27.5 Å². The molecule has 3 rings (SSSR count). The molecule has 0 amide bonds. The van der Waals surface area contributed by atoms with Gasteiger partial charge in [0, 0.05) is 5.39 Å². The molecule has 96 valence electrons. The minimum Gasteiger partial charge on any atom is -0.477 e. The van der Waals surface area contributed by atoms with Gasteiger partial charge in [-0.3, -0.25) is 4.68 Å². The summed E-state index contributed by atoms with van der Waals surface area (Å²) in [5.41, 5.74) is 0.944. The van der Waals surface area contributed by atoms with Gasteiger partial charge >= 0.3 is 5.97 Å². The number of aryl methyl sites for hydroxylation is 1. The van der Waals surface area contributed by atoms with Gasteiger partial charge in [0.2, 0.25) is 0 Å². The molecule has 0 spiro atoms. The molecule has 1 aliphatic carbocycles. The molecule has 0 unspecified atom stereocenters. The van der Waals surface area contributed by atoms with Crippen molar-refractivity contribution in [3.05, 3.63) is 16.6 Å². The molecular formula is C13H16N2O2S. The number of aromatic nitrogens is 2. The van der Waals surface area contributed by atoms with E-state index in [2.05, 4.69) is 9.78 Å². The predicted octanol–water partition coefficient (Wildman–Crippen LogP) is 3.61. The topological polar surface area (TPSA) is 55.1 Å². The van der Waals surface area contributed by atoms with E-state index in [-0.39, 0.29) is 0 Å². The monoisotopic (exact) mass is 264 g/mol. The van der Waals surface area contributed by atoms with E-state index in [4.69, 9.17) is 5.11 Å². The first kappa shape index (κ1) is 11.7. The van der Waals surface area contributed by atoms with Crippen molar-refractivity contribution in [1.29, 1.82) is 0 Å². The van der Waals surface area contributed by atoms with E-state index in [1.165, 1.54) is 30.6 Å². The van der Waals surface area contributed by atoms with E-state index < -0.39 is 5.97 Å². The highest BCUT2D eigenvalue weighted by Gasteiger charge is 2.22. The highest BCUT2D eigenvalue weighted by atomic mass is 32.1. The summed E-state index contributed by atoms with van der Waals surface area (Å²) in [6.07, 6.45) is 6.14. The van der Waals surface area contributed by atoms with Crippen molar-refractivity contribution in [2.24, 2.45) is 0 Å². The molecule has 0 saturated heterocycles. The molecule has 2 heterocycles. The maximum atomic E-state index is 11.0. The smallest absolute Gasteiger partial charge is 0.345 e. The molecule has 1 fully saturated rings. The van der Waals surface area contributed by atoms with E-state index in [9.17, 15) is 4.79 Å². The van der Waals surface area contributed by atoms with E-state index in [1.54, 1.807) is 6.07 Å². The van der Waals surface area contributed by atoms with E-state index in [0.29, 0.717) is 10.9 Å². The lowest BCUT2D eigenvalue weighted by Crippen LogP contribution is -2.13. The molecular weight excluding hydrogens is 248 g/mol. The van der Waals surface area contributed by atoms with Crippen LogP contribution in [0.4, 0.5) is 0 Å². The van der Waals surface area contributed by atoms with Crippen LogP contribution in [0.5, 0.6) is 0 Å². The number of hydrogen-bond donors (Lipinski definition) is 1. The average molecular weight is 264 g/mol. The highest BCUT2D eigenvalue weighted by molar-refractivity contribution is 7.20. The third kappa shape index (κ3) is 1.82. The Morgan fingerprint density at radius 3 is 2.83 bits per heavy atom. The molecule has 1 N–H and O–H groups in total. The van der Waals surface area contributed by atoms with Gasteiger partial charge in [-0.2, -0.15) is 5.10 Å². The Labute approximate surface area is 109 Å². The summed E-state index contributed by atoms with van der Waals surface area (Å²) in [6.45, 7) is 1.96. The first-order chi connectivity index (χ1) is 8.66. The van der Waals surface area contributed by atoms with Crippen LogP contribution in [0.25, 0.3) is 10.2 Å². The normalized spacial score (nSPS) is 17.4. The van der Waals surface area contributed by atoms with Crippen molar-refractivity contribution in [2.75, 3.05) is 0 Å². The van der Waals surface area contributed by atoms with Crippen LogP contribution >= 0.6 is 11.3 Å². The van der Waals surface area contributed by atoms with Crippen LogP contribution in [0.2, 0.25) is 0 Å². The molecule has 1 aliphatic rings. The zero-order chi connectivity index (χ0) is 12.7. The van der Waals surface area contributed by atoms with Crippen LogP contribution in [-0.2, 0) is 0 Å².